The highest BCUT2D eigenvalue weighted by atomic mass is 32.2. The summed E-state index contributed by atoms with van der Waals surface area (Å²) in [6.45, 7) is 0.376. The van der Waals surface area contributed by atoms with Gasteiger partial charge in [-0.3, -0.25) is 10.1 Å². The number of nitrogens with zero attached hydrogens (tertiary/aromatic N) is 3. The lowest BCUT2D eigenvalue weighted by atomic mass is 10.1. The van der Waals surface area contributed by atoms with E-state index in [0.29, 0.717) is 33.3 Å². The Bertz CT molecular complexity index is 1390. The lowest BCUT2D eigenvalue weighted by Crippen LogP contribution is -2.27. The zero-order chi connectivity index (χ0) is 27.1. The maximum atomic E-state index is 13.3. The molecule has 2 heterocycles. The summed E-state index contributed by atoms with van der Waals surface area (Å²) < 4.78 is 42.9. The van der Waals surface area contributed by atoms with Crippen molar-refractivity contribution >= 4 is 48.5 Å². The topological polar surface area (TPSA) is 150 Å². The average molecular weight is 564 g/mol. The number of rotatable bonds is 12. The van der Waals surface area contributed by atoms with Gasteiger partial charge in [0.1, 0.15) is 16.5 Å². The number of pyridine rings is 1. The van der Waals surface area contributed by atoms with Crippen molar-refractivity contribution in [2.45, 2.75) is 36.4 Å². The summed E-state index contributed by atoms with van der Waals surface area (Å²) in [4.78, 5) is 28.4. The molecule has 2 atom stereocenters. The first-order valence-corrected chi connectivity index (χ1v) is 14.1. The summed E-state index contributed by atoms with van der Waals surface area (Å²) in [6, 6.07) is 9.24. The fourth-order valence-electron chi connectivity index (χ4n) is 3.84. The van der Waals surface area contributed by atoms with Gasteiger partial charge in [0.05, 0.1) is 24.7 Å². The van der Waals surface area contributed by atoms with Crippen molar-refractivity contribution in [1.82, 2.24) is 14.7 Å². The van der Waals surface area contributed by atoms with Crippen molar-refractivity contribution in [3.8, 4) is 5.88 Å². The molecule has 1 amide bonds. The second-order valence-electron chi connectivity index (χ2n) is 8.40. The second-order valence-corrected chi connectivity index (χ2v) is 11.1. The van der Waals surface area contributed by atoms with Gasteiger partial charge in [0.2, 0.25) is 15.9 Å². The largest absolute Gasteiger partial charge is 0.481 e. The second kappa shape index (κ2) is 12.6. The van der Waals surface area contributed by atoms with Crippen LogP contribution in [-0.4, -0.2) is 76.7 Å². The lowest BCUT2D eigenvalue weighted by molar-refractivity contribution is -0.110. The summed E-state index contributed by atoms with van der Waals surface area (Å²) in [6.07, 6.45) is 2.11. The van der Waals surface area contributed by atoms with Crippen LogP contribution in [0.2, 0.25) is 0 Å². The molecule has 3 aromatic rings. The number of ether oxygens (including phenoxy) is 3. The minimum Gasteiger partial charge on any atom is -0.481 e. The number of benzene rings is 1. The first kappa shape index (κ1) is 27.9. The van der Waals surface area contributed by atoms with Crippen LogP contribution >= 0.6 is 11.3 Å². The molecule has 12 nitrogen and oxygen atoms in total. The molecule has 4 rings (SSSR count). The van der Waals surface area contributed by atoms with Crippen molar-refractivity contribution in [1.29, 1.82) is 0 Å². The molecule has 0 saturated heterocycles. The summed E-state index contributed by atoms with van der Waals surface area (Å²) in [5.41, 5.74) is 0.959. The van der Waals surface area contributed by atoms with Crippen LogP contribution in [0.25, 0.3) is 10.3 Å². The predicted molar refractivity (Wildman–Crippen MR) is 142 cm³/mol. The normalized spacial score (nSPS) is 18.0. The minimum atomic E-state index is -3.74. The van der Waals surface area contributed by atoms with Crippen LogP contribution in [0.3, 0.4) is 0 Å². The molecule has 1 aliphatic rings. The first-order chi connectivity index (χ1) is 18.3. The number of sulfonamides is 1. The monoisotopic (exact) mass is 563 g/mol. The third-order valence-corrected chi connectivity index (χ3v) is 8.23. The van der Waals surface area contributed by atoms with E-state index in [4.69, 9.17) is 19.0 Å². The Morgan fingerprint density at radius 2 is 1.84 bits per heavy atom. The summed E-state index contributed by atoms with van der Waals surface area (Å²) in [5.74, 6) is -0.126. The molecule has 0 spiro atoms. The summed E-state index contributed by atoms with van der Waals surface area (Å²) >= 11 is 1.19. The standard InChI is InChI=1S/C24H29N5O7S2/c1-33-13-12-25-38(31,32)18-8-4-15(5-9-18)21(29-36-17-7-6-16(14-17)34-2)22(30)28-24-26-19-10-11-20(35-3)27-23(19)37-24/h4-5,8-11,16-17,25H,6-7,12-14H2,1-3H3,(H,26,28,30)/b29-21+/t16-,17-/m1/s1. The average Bonchev–Trinajstić information content (AvgIpc) is 3.54. The number of methoxy groups -OCH3 is 3. The molecule has 1 saturated carbocycles. The molecule has 14 heteroatoms. The third-order valence-electron chi connectivity index (χ3n) is 5.87. The number of thiazole rings is 1. The van der Waals surface area contributed by atoms with Crippen LogP contribution in [0.5, 0.6) is 5.88 Å². The van der Waals surface area contributed by atoms with Crippen LogP contribution < -0.4 is 14.8 Å². The molecule has 38 heavy (non-hydrogen) atoms. The molecule has 0 unspecified atom stereocenters. The smallest absolute Gasteiger partial charge is 0.280 e. The van der Waals surface area contributed by atoms with E-state index in [1.165, 1.54) is 49.8 Å². The van der Waals surface area contributed by atoms with Crippen LogP contribution in [0.1, 0.15) is 24.8 Å². The maximum Gasteiger partial charge on any atom is 0.280 e. The fraction of sp³-hybridized carbons (Fsp3) is 0.417. The fourth-order valence-corrected chi connectivity index (χ4v) is 5.68. The van der Waals surface area contributed by atoms with Gasteiger partial charge in [0, 0.05) is 38.8 Å². The number of fused-ring (bicyclic) bond motifs is 1. The molecule has 1 aliphatic carbocycles. The number of oxime groups is 1. The third kappa shape index (κ3) is 6.82. The van der Waals surface area contributed by atoms with E-state index < -0.39 is 15.9 Å². The van der Waals surface area contributed by atoms with E-state index in [0.717, 1.165) is 12.8 Å². The Morgan fingerprint density at radius 3 is 2.53 bits per heavy atom. The van der Waals surface area contributed by atoms with E-state index in [-0.39, 0.29) is 36.0 Å². The maximum absolute atomic E-state index is 13.3. The van der Waals surface area contributed by atoms with Crippen molar-refractivity contribution < 1.29 is 32.3 Å². The van der Waals surface area contributed by atoms with Crippen LogP contribution in [0, 0.1) is 0 Å². The molecule has 1 fully saturated rings. The predicted octanol–water partition coefficient (Wildman–Crippen LogP) is 2.55. The highest BCUT2D eigenvalue weighted by Gasteiger charge is 2.27. The van der Waals surface area contributed by atoms with Crippen LogP contribution in [-0.2, 0) is 29.1 Å². The molecule has 1 aromatic carbocycles. The number of hydrogen-bond acceptors (Lipinski definition) is 11. The quantitative estimate of drug-likeness (QED) is 0.192. The van der Waals surface area contributed by atoms with Gasteiger partial charge in [-0.2, -0.15) is 0 Å². The Kier molecular flexibility index (Phi) is 9.22. The molecular weight excluding hydrogens is 534 g/mol. The SMILES string of the molecule is COCCNS(=O)(=O)c1ccc(/C(=N\O[C@@H]2CC[C@@H](OC)C2)C(=O)Nc2nc3ccc(OC)nc3s2)cc1. The molecule has 2 N–H and O–H groups in total. The number of aromatic nitrogens is 2. The van der Waals surface area contributed by atoms with Gasteiger partial charge in [-0.1, -0.05) is 28.6 Å². The number of carbonyl (C=O) groups is 1. The molecule has 0 aliphatic heterocycles. The van der Waals surface area contributed by atoms with E-state index in [1.807, 2.05) is 0 Å². The highest BCUT2D eigenvalue weighted by Crippen LogP contribution is 2.27. The van der Waals surface area contributed by atoms with Crippen molar-refractivity contribution in [3.05, 3.63) is 42.0 Å². The van der Waals surface area contributed by atoms with Crippen LogP contribution in [0.15, 0.2) is 46.4 Å². The number of nitrogens with one attached hydrogen (secondary N) is 2. The Hall–Kier alpha value is -3.17. The van der Waals surface area contributed by atoms with E-state index >= 15 is 0 Å². The summed E-state index contributed by atoms with van der Waals surface area (Å²) in [7, 11) is 0.916. The molecular formula is C24H29N5O7S2. The number of carbonyl (C=O) groups excluding carboxylic acids is 1. The molecule has 2 aromatic heterocycles. The minimum absolute atomic E-state index is 0.0213. The van der Waals surface area contributed by atoms with Gasteiger partial charge in [-0.15, -0.1) is 0 Å². The zero-order valence-electron chi connectivity index (χ0n) is 21.2. The van der Waals surface area contributed by atoms with Crippen molar-refractivity contribution in [2.75, 3.05) is 39.8 Å². The van der Waals surface area contributed by atoms with Gasteiger partial charge in [-0.25, -0.2) is 23.1 Å². The number of amides is 1. The van der Waals surface area contributed by atoms with Gasteiger partial charge in [0.15, 0.2) is 10.8 Å². The van der Waals surface area contributed by atoms with E-state index in [9.17, 15) is 13.2 Å². The lowest BCUT2D eigenvalue weighted by Gasteiger charge is -2.12. The molecule has 0 bridgehead atoms. The van der Waals surface area contributed by atoms with Crippen LogP contribution in [0.4, 0.5) is 5.13 Å². The van der Waals surface area contributed by atoms with Crippen molar-refractivity contribution in [2.24, 2.45) is 5.16 Å². The first-order valence-electron chi connectivity index (χ1n) is 11.8. The van der Waals surface area contributed by atoms with Gasteiger partial charge >= 0.3 is 0 Å². The number of anilines is 1. The van der Waals surface area contributed by atoms with Gasteiger partial charge in [-0.05, 0) is 31.0 Å². The molecule has 0 radical (unpaired) electrons. The summed E-state index contributed by atoms with van der Waals surface area (Å²) in [5, 5.41) is 7.25. The number of hydrogen-bond donors (Lipinski definition) is 2. The van der Waals surface area contributed by atoms with Gasteiger partial charge < -0.3 is 19.0 Å². The Labute approximate surface area is 224 Å². The van der Waals surface area contributed by atoms with E-state index in [2.05, 4.69) is 25.2 Å². The Morgan fingerprint density at radius 1 is 1.08 bits per heavy atom. The van der Waals surface area contributed by atoms with E-state index in [1.54, 1.807) is 19.2 Å². The van der Waals surface area contributed by atoms with Crippen molar-refractivity contribution in [3.63, 3.8) is 0 Å². The Balaban J connectivity index is 1.57. The zero-order valence-corrected chi connectivity index (χ0v) is 22.8. The molecule has 204 valence electrons. The van der Waals surface area contributed by atoms with Gasteiger partial charge in [0.25, 0.3) is 5.91 Å². The highest BCUT2D eigenvalue weighted by molar-refractivity contribution is 7.89.